The van der Waals surface area contributed by atoms with Crippen LogP contribution in [0.5, 0.6) is 0 Å². The smallest absolute Gasteiger partial charge is 0.302 e. The van der Waals surface area contributed by atoms with Crippen molar-refractivity contribution in [1.82, 2.24) is 5.32 Å². The van der Waals surface area contributed by atoms with Gasteiger partial charge in [-0.05, 0) is 6.54 Å². The van der Waals surface area contributed by atoms with E-state index in [0.29, 0.717) is 6.54 Å². The maximum absolute atomic E-state index is 10.6. The van der Waals surface area contributed by atoms with E-state index in [2.05, 4.69) is 5.32 Å². The molecule has 78 valence electrons. The molecule has 0 rings (SSSR count). The van der Waals surface area contributed by atoms with Crippen LogP contribution in [0.2, 0.25) is 0 Å². The van der Waals surface area contributed by atoms with Crippen molar-refractivity contribution in [2.45, 2.75) is 20.8 Å². The summed E-state index contributed by atoms with van der Waals surface area (Å²) in [5.74, 6) is -0.309. The first-order chi connectivity index (χ1) is 6.04. The largest absolute Gasteiger partial charge is 0.465 e. The highest BCUT2D eigenvalue weighted by atomic mass is 16.5. The van der Waals surface area contributed by atoms with Crippen LogP contribution in [0.3, 0.4) is 0 Å². The number of aliphatic hydroxyl groups excluding tert-OH is 1. The van der Waals surface area contributed by atoms with E-state index < -0.39 is 0 Å². The fourth-order valence-electron chi connectivity index (χ4n) is 0.855. The first-order valence-corrected chi connectivity index (χ1v) is 4.49. The minimum absolute atomic E-state index is 0.00722. The number of aliphatic hydroxyl groups is 1. The van der Waals surface area contributed by atoms with E-state index >= 15 is 0 Å². The monoisotopic (exact) mass is 189 g/mol. The Kier molecular flexibility index (Phi) is 5.66. The summed E-state index contributed by atoms with van der Waals surface area (Å²) in [5, 5.41) is 12.2. The molecule has 0 aromatic carbocycles. The summed E-state index contributed by atoms with van der Waals surface area (Å²) in [6.45, 7) is 6.98. The maximum atomic E-state index is 10.6. The van der Waals surface area contributed by atoms with E-state index in [4.69, 9.17) is 9.84 Å². The molecule has 0 radical (unpaired) electrons. The minimum atomic E-state index is -0.373. The van der Waals surface area contributed by atoms with E-state index in [1.54, 1.807) is 0 Å². The molecule has 0 aliphatic rings. The molecule has 1 unspecified atom stereocenters. The molecule has 4 heteroatoms. The third-order valence-corrected chi connectivity index (χ3v) is 1.81. The van der Waals surface area contributed by atoms with Crippen LogP contribution in [0.4, 0.5) is 0 Å². The summed E-state index contributed by atoms with van der Waals surface area (Å²) >= 11 is 0. The molecular formula is C9H19NO3. The van der Waals surface area contributed by atoms with Gasteiger partial charge in [0, 0.05) is 18.9 Å². The Labute approximate surface area is 79.3 Å². The number of hydrogen-bond donors (Lipinski definition) is 2. The zero-order chi connectivity index (χ0) is 10.3. The lowest BCUT2D eigenvalue weighted by molar-refractivity contribution is -0.145. The second kappa shape index (κ2) is 5.94. The maximum Gasteiger partial charge on any atom is 0.302 e. The fraction of sp³-hybridized carbons (Fsp3) is 0.889. The van der Waals surface area contributed by atoms with Crippen molar-refractivity contribution in [3.05, 3.63) is 0 Å². The van der Waals surface area contributed by atoms with Gasteiger partial charge in [0.1, 0.15) is 6.61 Å². The fourth-order valence-corrected chi connectivity index (χ4v) is 0.855. The molecule has 0 fully saturated rings. The topological polar surface area (TPSA) is 58.6 Å². The Bertz CT molecular complexity index is 161. The van der Waals surface area contributed by atoms with Crippen LogP contribution in [0.15, 0.2) is 0 Å². The number of nitrogens with one attached hydrogen (secondary N) is 1. The van der Waals surface area contributed by atoms with Gasteiger partial charge in [-0.25, -0.2) is 0 Å². The lowest BCUT2D eigenvalue weighted by atomic mass is 9.93. The van der Waals surface area contributed by atoms with Crippen LogP contribution in [0.1, 0.15) is 20.8 Å². The lowest BCUT2D eigenvalue weighted by Gasteiger charge is -2.26. The third-order valence-electron chi connectivity index (χ3n) is 1.81. The Morgan fingerprint density at radius 1 is 1.62 bits per heavy atom. The number of ether oxygens (including phenoxy) is 1. The van der Waals surface area contributed by atoms with E-state index in [9.17, 15) is 4.79 Å². The van der Waals surface area contributed by atoms with Gasteiger partial charge in [0.2, 0.25) is 0 Å². The van der Waals surface area contributed by atoms with Crippen molar-refractivity contribution in [1.29, 1.82) is 0 Å². The molecule has 0 aromatic rings. The summed E-state index contributed by atoms with van der Waals surface area (Å²) in [6.07, 6.45) is 0. The standard InChI is InChI=1S/C9H19NO3/c1-4-10-5-9(3,6-11)7-13-8(2)12/h10-11H,4-7H2,1-3H3. The second-order valence-electron chi connectivity index (χ2n) is 3.53. The highest BCUT2D eigenvalue weighted by molar-refractivity contribution is 5.65. The molecule has 0 saturated heterocycles. The van der Waals surface area contributed by atoms with Gasteiger partial charge < -0.3 is 15.2 Å². The third kappa shape index (κ3) is 5.60. The van der Waals surface area contributed by atoms with Gasteiger partial charge in [-0.1, -0.05) is 13.8 Å². The quantitative estimate of drug-likeness (QED) is 0.584. The van der Waals surface area contributed by atoms with Gasteiger partial charge in [-0.15, -0.1) is 0 Å². The summed E-state index contributed by atoms with van der Waals surface area (Å²) in [6, 6.07) is 0. The van der Waals surface area contributed by atoms with Crippen molar-refractivity contribution in [3.8, 4) is 0 Å². The van der Waals surface area contributed by atoms with Gasteiger partial charge in [0.15, 0.2) is 0 Å². The molecule has 0 heterocycles. The average molecular weight is 189 g/mol. The molecule has 0 aliphatic carbocycles. The highest BCUT2D eigenvalue weighted by Gasteiger charge is 2.24. The van der Waals surface area contributed by atoms with Crippen LogP contribution in [-0.4, -0.2) is 37.4 Å². The summed E-state index contributed by atoms with van der Waals surface area (Å²) < 4.78 is 4.86. The van der Waals surface area contributed by atoms with Crippen molar-refractivity contribution < 1.29 is 14.6 Å². The highest BCUT2D eigenvalue weighted by Crippen LogP contribution is 2.14. The van der Waals surface area contributed by atoms with Gasteiger partial charge >= 0.3 is 5.97 Å². The van der Waals surface area contributed by atoms with E-state index in [0.717, 1.165) is 6.54 Å². The SMILES string of the molecule is CCNCC(C)(CO)COC(C)=O. The minimum Gasteiger partial charge on any atom is -0.465 e. The number of rotatable bonds is 6. The lowest BCUT2D eigenvalue weighted by Crippen LogP contribution is -2.39. The zero-order valence-electron chi connectivity index (χ0n) is 8.59. The Balaban J connectivity index is 3.87. The normalized spacial score (nSPS) is 15.1. The first kappa shape index (κ1) is 12.4. The van der Waals surface area contributed by atoms with Crippen LogP contribution >= 0.6 is 0 Å². The van der Waals surface area contributed by atoms with Crippen LogP contribution in [0, 0.1) is 5.41 Å². The first-order valence-electron chi connectivity index (χ1n) is 4.49. The molecule has 0 aromatic heterocycles. The summed E-state index contributed by atoms with van der Waals surface area (Å²) in [7, 11) is 0. The predicted octanol–water partition coefficient (Wildman–Crippen LogP) is 0.158. The van der Waals surface area contributed by atoms with Gasteiger partial charge in [-0.3, -0.25) is 4.79 Å². The number of esters is 1. The molecular weight excluding hydrogens is 170 g/mol. The van der Waals surface area contributed by atoms with Gasteiger partial charge in [-0.2, -0.15) is 0 Å². The van der Waals surface area contributed by atoms with Crippen LogP contribution in [0.25, 0.3) is 0 Å². The van der Waals surface area contributed by atoms with Crippen LogP contribution < -0.4 is 5.32 Å². The van der Waals surface area contributed by atoms with Gasteiger partial charge in [0.05, 0.1) is 6.61 Å². The molecule has 4 nitrogen and oxygen atoms in total. The molecule has 0 spiro atoms. The molecule has 13 heavy (non-hydrogen) atoms. The molecule has 0 saturated carbocycles. The van der Waals surface area contributed by atoms with Crippen molar-refractivity contribution in [3.63, 3.8) is 0 Å². The van der Waals surface area contributed by atoms with Crippen molar-refractivity contribution >= 4 is 5.97 Å². The zero-order valence-corrected chi connectivity index (χ0v) is 8.59. The molecule has 1 atom stereocenters. The summed E-state index contributed by atoms with van der Waals surface area (Å²) in [4.78, 5) is 10.6. The number of carbonyl (C=O) groups is 1. The molecule has 0 bridgehead atoms. The van der Waals surface area contributed by atoms with Crippen LogP contribution in [-0.2, 0) is 9.53 Å². The molecule has 2 N–H and O–H groups in total. The Hall–Kier alpha value is -0.610. The number of hydrogen-bond acceptors (Lipinski definition) is 4. The molecule has 0 aliphatic heterocycles. The van der Waals surface area contributed by atoms with Crippen molar-refractivity contribution in [2.75, 3.05) is 26.3 Å². The Morgan fingerprint density at radius 2 is 2.23 bits per heavy atom. The molecule has 0 amide bonds. The average Bonchev–Trinajstić information content (AvgIpc) is 2.11. The Morgan fingerprint density at radius 3 is 2.62 bits per heavy atom. The van der Waals surface area contributed by atoms with E-state index in [1.807, 2.05) is 13.8 Å². The van der Waals surface area contributed by atoms with Gasteiger partial charge in [0.25, 0.3) is 0 Å². The predicted molar refractivity (Wildman–Crippen MR) is 50.4 cm³/mol. The van der Waals surface area contributed by atoms with E-state index in [1.165, 1.54) is 6.92 Å². The van der Waals surface area contributed by atoms with E-state index in [-0.39, 0.29) is 24.6 Å². The number of carbonyl (C=O) groups excluding carboxylic acids is 1. The second-order valence-corrected chi connectivity index (χ2v) is 3.53. The van der Waals surface area contributed by atoms with Crippen molar-refractivity contribution in [2.24, 2.45) is 5.41 Å². The summed E-state index contributed by atoms with van der Waals surface area (Å²) in [5.41, 5.74) is -0.373.